The van der Waals surface area contributed by atoms with Crippen molar-refractivity contribution in [2.45, 2.75) is 31.5 Å². The molecule has 0 atom stereocenters. The van der Waals surface area contributed by atoms with E-state index in [1.807, 2.05) is 11.5 Å². The minimum Gasteiger partial charge on any atom is -0.349 e. The lowest BCUT2D eigenvalue weighted by molar-refractivity contribution is 0.581. The van der Waals surface area contributed by atoms with Crippen LogP contribution < -0.4 is 10.5 Å². The molecular formula is C12H19N5O2S. The molecule has 0 fully saturated rings. The summed E-state index contributed by atoms with van der Waals surface area (Å²) >= 11 is 0. The van der Waals surface area contributed by atoms with Gasteiger partial charge >= 0.3 is 0 Å². The first-order chi connectivity index (χ1) is 9.46. The van der Waals surface area contributed by atoms with E-state index in [4.69, 9.17) is 5.73 Å². The van der Waals surface area contributed by atoms with Crippen LogP contribution in [0.25, 0.3) is 0 Å². The lowest BCUT2D eigenvalue weighted by Crippen LogP contribution is -2.22. The fraction of sp³-hybridized carbons (Fsp3) is 0.417. The van der Waals surface area contributed by atoms with Crippen LogP contribution >= 0.6 is 0 Å². The number of aromatic nitrogens is 3. The SMILES string of the molecule is CCn1cc(S(=O)(=O)NCc2cnn(C)c2)cc1CN. The molecule has 0 amide bonds. The van der Waals surface area contributed by atoms with Crippen molar-refractivity contribution in [3.05, 3.63) is 35.9 Å². The van der Waals surface area contributed by atoms with Gasteiger partial charge in [-0.05, 0) is 13.0 Å². The Balaban J connectivity index is 2.15. The topological polar surface area (TPSA) is 94.9 Å². The summed E-state index contributed by atoms with van der Waals surface area (Å²) in [5.74, 6) is 0. The van der Waals surface area contributed by atoms with E-state index in [1.165, 1.54) is 0 Å². The molecule has 2 rings (SSSR count). The molecule has 0 aliphatic rings. The molecule has 0 radical (unpaired) electrons. The third kappa shape index (κ3) is 3.09. The normalized spacial score (nSPS) is 11.9. The van der Waals surface area contributed by atoms with E-state index in [0.717, 1.165) is 11.3 Å². The van der Waals surface area contributed by atoms with Gasteiger partial charge in [0.05, 0.1) is 11.1 Å². The van der Waals surface area contributed by atoms with E-state index in [2.05, 4.69) is 9.82 Å². The quantitative estimate of drug-likeness (QED) is 0.795. The molecular weight excluding hydrogens is 278 g/mol. The maximum atomic E-state index is 12.2. The third-order valence-corrected chi connectivity index (χ3v) is 4.41. The number of nitrogens with one attached hydrogen (secondary N) is 1. The summed E-state index contributed by atoms with van der Waals surface area (Å²) in [5.41, 5.74) is 7.21. The monoisotopic (exact) mass is 297 g/mol. The summed E-state index contributed by atoms with van der Waals surface area (Å²) in [5, 5.41) is 4.00. The molecule has 2 aromatic rings. The first-order valence-electron chi connectivity index (χ1n) is 6.32. The van der Waals surface area contributed by atoms with E-state index in [0.29, 0.717) is 13.1 Å². The molecule has 0 aliphatic heterocycles. The van der Waals surface area contributed by atoms with Gasteiger partial charge in [-0.25, -0.2) is 13.1 Å². The molecule has 0 saturated heterocycles. The predicted octanol–water partition coefficient (Wildman–Crippen LogP) is 0.179. The molecule has 0 aromatic carbocycles. The van der Waals surface area contributed by atoms with Crippen LogP contribution in [0, 0.1) is 0 Å². The van der Waals surface area contributed by atoms with Crippen molar-refractivity contribution in [1.82, 2.24) is 19.1 Å². The first-order valence-corrected chi connectivity index (χ1v) is 7.81. The molecule has 20 heavy (non-hydrogen) atoms. The number of nitrogens with zero attached hydrogens (tertiary/aromatic N) is 3. The lowest BCUT2D eigenvalue weighted by Gasteiger charge is -2.03. The predicted molar refractivity (Wildman–Crippen MR) is 75.2 cm³/mol. The molecule has 110 valence electrons. The molecule has 0 bridgehead atoms. The molecule has 8 heteroatoms. The second-order valence-corrected chi connectivity index (χ2v) is 6.27. The standard InChI is InChI=1S/C12H19N5O2S/c1-3-17-9-12(4-11(17)5-13)20(18,19)15-7-10-6-14-16(2)8-10/h4,6,8-9,15H,3,5,7,13H2,1-2H3. The summed E-state index contributed by atoms with van der Waals surface area (Å²) < 4.78 is 30.5. The van der Waals surface area contributed by atoms with Gasteiger partial charge in [0.1, 0.15) is 0 Å². The van der Waals surface area contributed by atoms with Crippen LogP contribution in [0.3, 0.4) is 0 Å². The van der Waals surface area contributed by atoms with Crippen LogP contribution in [0.2, 0.25) is 0 Å². The Morgan fingerprint density at radius 1 is 1.40 bits per heavy atom. The van der Waals surface area contributed by atoms with Gasteiger partial charge in [0.15, 0.2) is 0 Å². The smallest absolute Gasteiger partial charge is 0.242 e. The molecule has 2 heterocycles. The zero-order valence-electron chi connectivity index (χ0n) is 11.6. The van der Waals surface area contributed by atoms with Gasteiger partial charge in [-0.15, -0.1) is 0 Å². The minimum absolute atomic E-state index is 0.214. The van der Waals surface area contributed by atoms with Gasteiger partial charge in [0.2, 0.25) is 10.0 Å². The Morgan fingerprint density at radius 3 is 2.65 bits per heavy atom. The van der Waals surface area contributed by atoms with E-state index in [-0.39, 0.29) is 11.4 Å². The van der Waals surface area contributed by atoms with Crippen molar-refractivity contribution in [2.24, 2.45) is 12.8 Å². The van der Waals surface area contributed by atoms with Crippen LogP contribution in [-0.2, 0) is 36.7 Å². The highest BCUT2D eigenvalue weighted by molar-refractivity contribution is 7.89. The Bertz CT molecular complexity index is 665. The second-order valence-electron chi connectivity index (χ2n) is 4.50. The van der Waals surface area contributed by atoms with Crippen molar-refractivity contribution < 1.29 is 8.42 Å². The number of hydrogen-bond acceptors (Lipinski definition) is 4. The largest absolute Gasteiger partial charge is 0.349 e. The number of sulfonamides is 1. The number of aryl methyl sites for hydroxylation is 2. The average molecular weight is 297 g/mol. The summed E-state index contributed by atoms with van der Waals surface area (Å²) in [6.07, 6.45) is 5.00. The fourth-order valence-corrected chi connectivity index (χ4v) is 3.04. The van der Waals surface area contributed by atoms with E-state index >= 15 is 0 Å². The molecule has 0 spiro atoms. The maximum Gasteiger partial charge on any atom is 0.242 e. The fourth-order valence-electron chi connectivity index (χ4n) is 1.96. The summed E-state index contributed by atoms with van der Waals surface area (Å²) in [6.45, 7) is 3.15. The highest BCUT2D eigenvalue weighted by atomic mass is 32.2. The zero-order valence-corrected chi connectivity index (χ0v) is 12.4. The van der Waals surface area contributed by atoms with Crippen LogP contribution in [0.4, 0.5) is 0 Å². The Morgan fingerprint density at radius 2 is 2.15 bits per heavy atom. The van der Waals surface area contributed by atoms with Crippen molar-refractivity contribution in [1.29, 1.82) is 0 Å². The van der Waals surface area contributed by atoms with E-state index in [9.17, 15) is 8.42 Å². The zero-order chi connectivity index (χ0) is 14.8. The molecule has 0 unspecified atom stereocenters. The molecule has 0 saturated carbocycles. The van der Waals surface area contributed by atoms with Crippen LogP contribution in [0.1, 0.15) is 18.2 Å². The summed E-state index contributed by atoms with van der Waals surface area (Å²) in [4.78, 5) is 0.240. The number of hydrogen-bond donors (Lipinski definition) is 2. The third-order valence-electron chi connectivity index (χ3n) is 3.05. The summed E-state index contributed by atoms with van der Waals surface area (Å²) in [7, 11) is -1.75. The molecule has 2 aromatic heterocycles. The van der Waals surface area contributed by atoms with Gasteiger partial charge in [-0.3, -0.25) is 4.68 Å². The number of rotatable bonds is 6. The summed E-state index contributed by atoms with van der Waals surface area (Å²) in [6, 6.07) is 1.61. The van der Waals surface area contributed by atoms with Crippen LogP contribution in [0.5, 0.6) is 0 Å². The van der Waals surface area contributed by atoms with Crippen LogP contribution in [-0.4, -0.2) is 22.8 Å². The van der Waals surface area contributed by atoms with Gasteiger partial charge in [-0.2, -0.15) is 5.10 Å². The van der Waals surface area contributed by atoms with Gasteiger partial charge in [0.25, 0.3) is 0 Å². The van der Waals surface area contributed by atoms with Crippen molar-refractivity contribution in [3.8, 4) is 0 Å². The van der Waals surface area contributed by atoms with Crippen LogP contribution in [0.15, 0.2) is 29.6 Å². The van der Waals surface area contributed by atoms with E-state index < -0.39 is 10.0 Å². The van der Waals surface area contributed by atoms with Gasteiger partial charge in [-0.1, -0.05) is 0 Å². The average Bonchev–Trinajstić information content (AvgIpc) is 3.02. The Hall–Kier alpha value is -1.64. The highest BCUT2D eigenvalue weighted by Crippen LogP contribution is 2.14. The van der Waals surface area contributed by atoms with Crippen molar-refractivity contribution >= 4 is 10.0 Å². The number of nitrogens with two attached hydrogens (primary N) is 1. The Kier molecular flexibility index (Phi) is 4.26. The maximum absolute atomic E-state index is 12.2. The van der Waals surface area contributed by atoms with Crippen molar-refractivity contribution in [3.63, 3.8) is 0 Å². The van der Waals surface area contributed by atoms with Crippen molar-refractivity contribution in [2.75, 3.05) is 0 Å². The molecule has 0 aliphatic carbocycles. The minimum atomic E-state index is -3.53. The highest BCUT2D eigenvalue weighted by Gasteiger charge is 2.17. The molecule has 7 nitrogen and oxygen atoms in total. The van der Waals surface area contributed by atoms with Gasteiger partial charge in [0, 0.05) is 50.3 Å². The lowest BCUT2D eigenvalue weighted by atomic mass is 10.4. The first kappa shape index (κ1) is 14.8. The second kappa shape index (κ2) is 5.78. The van der Waals surface area contributed by atoms with Gasteiger partial charge < -0.3 is 10.3 Å². The van der Waals surface area contributed by atoms with E-state index in [1.54, 1.807) is 36.4 Å². The Labute approximate surface area is 118 Å². The molecule has 3 N–H and O–H groups in total.